The average molecular weight is 238 g/mol. The third kappa shape index (κ3) is 2.05. The molecule has 1 atom stereocenters. The van der Waals surface area contributed by atoms with Crippen LogP contribution in [0.1, 0.15) is 52.9 Å². The maximum Gasteiger partial charge on any atom is 0.246 e. The van der Waals surface area contributed by atoms with Crippen LogP contribution < -0.4 is 5.32 Å². The molecule has 1 saturated carbocycles. The molecule has 0 aromatic heterocycles. The maximum atomic E-state index is 12.3. The lowest BCUT2D eigenvalue weighted by atomic mass is 9.87. The van der Waals surface area contributed by atoms with Crippen molar-refractivity contribution >= 4 is 11.8 Å². The predicted octanol–water partition coefficient (Wildman–Crippen LogP) is 1.44. The van der Waals surface area contributed by atoms with E-state index in [1.54, 1.807) is 6.92 Å². The van der Waals surface area contributed by atoms with Gasteiger partial charge in [0.25, 0.3) is 0 Å². The molecule has 1 N–H and O–H groups in total. The Morgan fingerprint density at radius 3 is 2.35 bits per heavy atom. The number of hydrogen-bond donors (Lipinski definition) is 1. The van der Waals surface area contributed by atoms with Crippen LogP contribution in [0, 0.1) is 0 Å². The molecule has 96 valence electrons. The van der Waals surface area contributed by atoms with E-state index in [1.807, 2.05) is 18.7 Å². The number of amides is 2. The lowest BCUT2D eigenvalue weighted by Crippen LogP contribution is -2.70. The average Bonchev–Trinajstić information content (AvgIpc) is 2.28. The van der Waals surface area contributed by atoms with Crippen molar-refractivity contribution in [2.24, 2.45) is 0 Å². The number of carbonyl (C=O) groups is 2. The van der Waals surface area contributed by atoms with Crippen molar-refractivity contribution in [3.05, 3.63) is 0 Å². The summed E-state index contributed by atoms with van der Waals surface area (Å²) in [5, 5.41) is 2.76. The second-order valence-electron chi connectivity index (χ2n) is 5.75. The molecule has 1 aliphatic heterocycles. The van der Waals surface area contributed by atoms with Crippen molar-refractivity contribution in [3.8, 4) is 0 Å². The zero-order valence-corrected chi connectivity index (χ0v) is 11.0. The van der Waals surface area contributed by atoms with Crippen molar-refractivity contribution in [3.63, 3.8) is 0 Å². The molecule has 2 fully saturated rings. The van der Waals surface area contributed by atoms with Gasteiger partial charge in [-0.15, -0.1) is 0 Å². The quantitative estimate of drug-likeness (QED) is 0.751. The van der Waals surface area contributed by atoms with Gasteiger partial charge in [-0.2, -0.15) is 0 Å². The molecular formula is C13H22N2O2. The molecule has 1 saturated heterocycles. The molecule has 0 aromatic rings. The molecule has 2 aliphatic rings. The van der Waals surface area contributed by atoms with Crippen LogP contribution in [0.15, 0.2) is 0 Å². The van der Waals surface area contributed by atoms with Crippen LogP contribution in [0.4, 0.5) is 0 Å². The Morgan fingerprint density at radius 1 is 1.18 bits per heavy atom. The zero-order chi connectivity index (χ0) is 12.6. The van der Waals surface area contributed by atoms with Gasteiger partial charge in [-0.1, -0.05) is 19.3 Å². The number of hydrogen-bond acceptors (Lipinski definition) is 2. The van der Waals surface area contributed by atoms with Crippen LogP contribution in [0.25, 0.3) is 0 Å². The Bertz CT molecular complexity index is 332. The molecule has 4 heteroatoms. The largest absolute Gasteiger partial charge is 0.343 e. The molecule has 17 heavy (non-hydrogen) atoms. The Hall–Kier alpha value is -1.06. The highest BCUT2D eigenvalue weighted by molar-refractivity contribution is 5.99. The minimum absolute atomic E-state index is 0.0322. The third-order valence-corrected chi connectivity index (χ3v) is 4.05. The van der Waals surface area contributed by atoms with E-state index in [1.165, 1.54) is 19.3 Å². The monoisotopic (exact) mass is 238 g/mol. The molecule has 2 amide bonds. The van der Waals surface area contributed by atoms with Crippen molar-refractivity contribution in [1.82, 2.24) is 10.2 Å². The van der Waals surface area contributed by atoms with Crippen LogP contribution in [-0.2, 0) is 9.59 Å². The summed E-state index contributed by atoms with van der Waals surface area (Å²) in [7, 11) is 0. The van der Waals surface area contributed by atoms with Gasteiger partial charge in [0.15, 0.2) is 0 Å². The molecule has 0 spiro atoms. The lowest BCUT2D eigenvalue weighted by Gasteiger charge is -2.48. The van der Waals surface area contributed by atoms with Crippen molar-refractivity contribution in [2.75, 3.05) is 0 Å². The highest BCUT2D eigenvalue weighted by atomic mass is 16.2. The lowest BCUT2D eigenvalue weighted by molar-refractivity contribution is -0.159. The summed E-state index contributed by atoms with van der Waals surface area (Å²) in [5.41, 5.74) is -0.703. The van der Waals surface area contributed by atoms with E-state index in [0.717, 1.165) is 12.8 Å². The molecular weight excluding hydrogens is 216 g/mol. The molecule has 4 nitrogen and oxygen atoms in total. The first-order chi connectivity index (χ1) is 7.94. The van der Waals surface area contributed by atoms with Gasteiger partial charge in [-0.05, 0) is 33.6 Å². The topological polar surface area (TPSA) is 49.4 Å². The van der Waals surface area contributed by atoms with Crippen molar-refractivity contribution in [1.29, 1.82) is 0 Å². The van der Waals surface area contributed by atoms with E-state index in [2.05, 4.69) is 5.32 Å². The van der Waals surface area contributed by atoms with Crippen molar-refractivity contribution < 1.29 is 9.59 Å². The predicted molar refractivity (Wildman–Crippen MR) is 65.4 cm³/mol. The van der Waals surface area contributed by atoms with Gasteiger partial charge < -0.3 is 10.2 Å². The number of piperazine rings is 1. The normalized spacial score (nSPS) is 30.3. The van der Waals surface area contributed by atoms with E-state index in [0.29, 0.717) is 0 Å². The number of nitrogens with zero attached hydrogens (tertiary/aromatic N) is 1. The van der Waals surface area contributed by atoms with Gasteiger partial charge in [-0.3, -0.25) is 9.59 Å². The number of nitrogens with one attached hydrogen (secondary N) is 1. The summed E-state index contributed by atoms with van der Waals surface area (Å²) >= 11 is 0. The second kappa shape index (κ2) is 4.31. The summed E-state index contributed by atoms with van der Waals surface area (Å²) in [6, 6.07) is -0.128. The summed E-state index contributed by atoms with van der Waals surface area (Å²) in [5.74, 6) is 0.0386. The minimum Gasteiger partial charge on any atom is -0.343 e. The minimum atomic E-state index is -0.703. The first-order valence-electron chi connectivity index (χ1n) is 6.58. The number of carbonyl (C=O) groups excluding carboxylic acids is 2. The van der Waals surface area contributed by atoms with Crippen LogP contribution in [0.2, 0.25) is 0 Å². The van der Waals surface area contributed by atoms with E-state index >= 15 is 0 Å². The second-order valence-corrected chi connectivity index (χ2v) is 5.75. The fourth-order valence-corrected chi connectivity index (χ4v) is 3.00. The van der Waals surface area contributed by atoms with E-state index in [4.69, 9.17) is 0 Å². The number of rotatable bonds is 1. The van der Waals surface area contributed by atoms with Gasteiger partial charge >= 0.3 is 0 Å². The van der Waals surface area contributed by atoms with Gasteiger partial charge in [0.2, 0.25) is 11.8 Å². The van der Waals surface area contributed by atoms with Crippen LogP contribution in [0.5, 0.6) is 0 Å². The first-order valence-corrected chi connectivity index (χ1v) is 6.58. The SMILES string of the molecule is CC1NC(=O)C(C)(C)N(C2CCCCC2)C1=O. The summed E-state index contributed by atoms with van der Waals surface area (Å²) < 4.78 is 0. The zero-order valence-electron chi connectivity index (χ0n) is 11.0. The molecule has 2 rings (SSSR count). The third-order valence-electron chi connectivity index (χ3n) is 4.05. The Morgan fingerprint density at radius 2 is 1.76 bits per heavy atom. The van der Waals surface area contributed by atoms with Crippen molar-refractivity contribution in [2.45, 2.75) is 70.5 Å². The fourth-order valence-electron chi connectivity index (χ4n) is 3.00. The maximum absolute atomic E-state index is 12.3. The molecule has 0 radical (unpaired) electrons. The van der Waals surface area contributed by atoms with Gasteiger partial charge in [0, 0.05) is 6.04 Å². The smallest absolute Gasteiger partial charge is 0.246 e. The van der Waals surface area contributed by atoms with E-state index < -0.39 is 5.54 Å². The highest BCUT2D eigenvalue weighted by Gasteiger charge is 2.47. The van der Waals surface area contributed by atoms with Crippen LogP contribution >= 0.6 is 0 Å². The van der Waals surface area contributed by atoms with Gasteiger partial charge in [0.05, 0.1) is 0 Å². The standard InChI is InChI=1S/C13H22N2O2/c1-9-11(16)15(10-7-5-4-6-8-10)13(2,3)12(17)14-9/h9-10H,4-8H2,1-3H3,(H,14,17). The van der Waals surface area contributed by atoms with E-state index in [-0.39, 0.29) is 23.9 Å². The molecule has 1 heterocycles. The first kappa shape index (κ1) is 12.4. The van der Waals surface area contributed by atoms with Crippen LogP contribution in [-0.4, -0.2) is 34.3 Å². The Labute approximate surface area is 103 Å². The molecule has 0 aromatic carbocycles. The molecule has 1 aliphatic carbocycles. The summed E-state index contributed by atoms with van der Waals surface area (Å²) in [6.45, 7) is 5.47. The van der Waals surface area contributed by atoms with Gasteiger partial charge in [-0.25, -0.2) is 0 Å². The summed E-state index contributed by atoms with van der Waals surface area (Å²) in [4.78, 5) is 26.2. The Balaban J connectivity index is 2.25. The highest BCUT2D eigenvalue weighted by Crippen LogP contribution is 2.31. The van der Waals surface area contributed by atoms with E-state index in [9.17, 15) is 9.59 Å². The molecule has 1 unspecified atom stereocenters. The van der Waals surface area contributed by atoms with Gasteiger partial charge in [0.1, 0.15) is 11.6 Å². The Kier molecular flexibility index (Phi) is 3.15. The molecule has 0 bridgehead atoms. The van der Waals surface area contributed by atoms with Crippen LogP contribution in [0.3, 0.4) is 0 Å². The fraction of sp³-hybridized carbons (Fsp3) is 0.846. The summed E-state index contributed by atoms with van der Waals surface area (Å²) in [6.07, 6.45) is 5.66.